The summed E-state index contributed by atoms with van der Waals surface area (Å²) in [6, 6.07) is 0. The minimum absolute atomic E-state index is 0.0168. The number of fused-ring (bicyclic) bond motifs is 1. The van der Waals surface area contributed by atoms with Crippen LogP contribution >= 0.6 is 0 Å². The molecule has 1 amide bonds. The van der Waals surface area contributed by atoms with Crippen LogP contribution in [0.25, 0.3) is 0 Å². The summed E-state index contributed by atoms with van der Waals surface area (Å²) >= 11 is 0. The van der Waals surface area contributed by atoms with Gasteiger partial charge in [-0.2, -0.15) is 0 Å². The largest absolute Gasteiger partial charge is 0.336 e. The lowest BCUT2D eigenvalue weighted by atomic mass is 9.49. The summed E-state index contributed by atoms with van der Waals surface area (Å²) in [6.45, 7) is 1.28. The quantitative estimate of drug-likeness (QED) is 0.830. The second-order valence-electron chi connectivity index (χ2n) is 8.21. The van der Waals surface area contributed by atoms with E-state index >= 15 is 0 Å². The third kappa shape index (κ3) is 1.71. The molecule has 4 fully saturated rings. The van der Waals surface area contributed by atoms with Gasteiger partial charge in [-0.25, -0.2) is 0 Å². The van der Waals surface area contributed by atoms with Gasteiger partial charge in [0.25, 0.3) is 5.56 Å². The lowest BCUT2D eigenvalue weighted by Crippen LogP contribution is -2.55. The van der Waals surface area contributed by atoms with Crippen LogP contribution in [0.4, 0.5) is 0 Å². The van der Waals surface area contributed by atoms with Crippen molar-refractivity contribution in [1.82, 2.24) is 15.1 Å². The lowest BCUT2D eigenvalue weighted by molar-refractivity contribution is -0.158. The summed E-state index contributed by atoms with van der Waals surface area (Å²) in [5.74, 6) is 2.76. The monoisotopic (exact) mass is 301 g/mol. The minimum Gasteiger partial charge on any atom is -0.336 e. The van der Waals surface area contributed by atoms with Gasteiger partial charge in [0.1, 0.15) is 0 Å². The first-order valence-corrected chi connectivity index (χ1v) is 8.71. The predicted octanol–water partition coefficient (Wildman–Crippen LogP) is 1.80. The highest BCUT2D eigenvalue weighted by molar-refractivity contribution is 5.83. The van der Waals surface area contributed by atoms with E-state index < -0.39 is 0 Å². The van der Waals surface area contributed by atoms with E-state index in [0.29, 0.717) is 25.4 Å². The predicted molar refractivity (Wildman–Crippen MR) is 81.1 cm³/mol. The fourth-order valence-electron chi connectivity index (χ4n) is 6.22. The molecule has 0 unspecified atom stereocenters. The summed E-state index contributed by atoms with van der Waals surface area (Å²) in [7, 11) is 0. The van der Waals surface area contributed by atoms with Gasteiger partial charge in [0.2, 0.25) is 5.91 Å². The van der Waals surface area contributed by atoms with Crippen LogP contribution in [0.3, 0.4) is 0 Å². The van der Waals surface area contributed by atoms with Gasteiger partial charge in [0.05, 0.1) is 17.7 Å². The van der Waals surface area contributed by atoms with Crippen LogP contribution in [0.2, 0.25) is 0 Å². The number of rotatable bonds is 1. The Bertz CT molecular complexity index is 651. The first kappa shape index (κ1) is 13.0. The number of carbonyl (C=O) groups excluding carboxylic acids is 1. The Morgan fingerprint density at radius 2 is 1.68 bits per heavy atom. The van der Waals surface area contributed by atoms with Crippen molar-refractivity contribution in [3.05, 3.63) is 21.6 Å². The molecule has 0 saturated heterocycles. The van der Waals surface area contributed by atoms with E-state index in [1.165, 1.54) is 19.3 Å². The van der Waals surface area contributed by atoms with Crippen molar-refractivity contribution in [2.75, 3.05) is 6.54 Å². The average Bonchev–Trinajstić information content (AvgIpc) is 2.86. The van der Waals surface area contributed by atoms with Crippen molar-refractivity contribution in [1.29, 1.82) is 0 Å². The van der Waals surface area contributed by atoms with Gasteiger partial charge in [0, 0.05) is 12.1 Å². The summed E-state index contributed by atoms with van der Waals surface area (Å²) in [5, 5.41) is 5.61. The van der Waals surface area contributed by atoms with E-state index in [1.54, 1.807) is 0 Å². The molecule has 0 spiro atoms. The van der Waals surface area contributed by atoms with Crippen LogP contribution in [0, 0.1) is 23.2 Å². The van der Waals surface area contributed by atoms with Gasteiger partial charge in [0.15, 0.2) is 0 Å². The molecule has 4 bridgehead atoms. The highest BCUT2D eigenvalue weighted by atomic mass is 16.2. The molecule has 5 nitrogen and oxygen atoms in total. The highest BCUT2D eigenvalue weighted by Crippen LogP contribution is 2.60. The smallest absolute Gasteiger partial charge is 0.267 e. The Kier molecular flexibility index (Phi) is 2.52. The van der Waals surface area contributed by atoms with Gasteiger partial charge >= 0.3 is 0 Å². The molecule has 1 aromatic heterocycles. The zero-order valence-corrected chi connectivity index (χ0v) is 12.9. The standard InChI is InChI=1S/C17H23N3O2/c21-15-13-1-2-20(9-14(13)18-19-15)16(22)17-6-10-3-11(7-17)5-12(4-10)8-17/h10-12H,1-9H2,(H2,18,19,21). The zero-order valence-electron chi connectivity index (χ0n) is 12.9. The second kappa shape index (κ2) is 4.27. The van der Waals surface area contributed by atoms with E-state index in [-0.39, 0.29) is 11.0 Å². The Balaban J connectivity index is 1.42. The van der Waals surface area contributed by atoms with E-state index in [0.717, 1.165) is 48.3 Å². The van der Waals surface area contributed by atoms with Crippen molar-refractivity contribution < 1.29 is 4.79 Å². The lowest BCUT2D eigenvalue weighted by Gasteiger charge is -2.56. The maximum Gasteiger partial charge on any atom is 0.267 e. The molecule has 2 heterocycles. The van der Waals surface area contributed by atoms with Crippen molar-refractivity contribution in [2.24, 2.45) is 23.2 Å². The molecule has 1 aliphatic heterocycles. The number of aromatic nitrogens is 2. The Hall–Kier alpha value is -1.52. The van der Waals surface area contributed by atoms with Gasteiger partial charge in [-0.15, -0.1) is 0 Å². The Labute approximate surface area is 129 Å². The number of H-pyrrole nitrogens is 2. The fourth-order valence-corrected chi connectivity index (χ4v) is 6.22. The van der Waals surface area contributed by atoms with Gasteiger partial charge in [-0.3, -0.25) is 14.7 Å². The zero-order chi connectivity index (χ0) is 14.9. The van der Waals surface area contributed by atoms with Crippen molar-refractivity contribution >= 4 is 5.91 Å². The molecule has 4 aliphatic carbocycles. The molecule has 0 aromatic carbocycles. The van der Waals surface area contributed by atoms with E-state index in [1.807, 2.05) is 4.90 Å². The first-order valence-electron chi connectivity index (χ1n) is 8.71. The molecule has 0 atom stereocenters. The average molecular weight is 301 g/mol. The van der Waals surface area contributed by atoms with Crippen LogP contribution in [0.15, 0.2) is 4.79 Å². The van der Waals surface area contributed by atoms with Gasteiger partial charge in [-0.05, 0) is 62.7 Å². The molecule has 2 N–H and O–H groups in total. The Morgan fingerprint density at radius 1 is 1.05 bits per heavy atom. The fraction of sp³-hybridized carbons (Fsp3) is 0.765. The van der Waals surface area contributed by atoms with Crippen molar-refractivity contribution in [3.8, 4) is 0 Å². The molecule has 6 rings (SSSR count). The first-order chi connectivity index (χ1) is 10.6. The van der Waals surface area contributed by atoms with E-state index in [2.05, 4.69) is 10.2 Å². The van der Waals surface area contributed by atoms with Crippen LogP contribution in [0.1, 0.15) is 49.8 Å². The number of hydrogen-bond acceptors (Lipinski definition) is 2. The topological polar surface area (TPSA) is 69.0 Å². The van der Waals surface area contributed by atoms with Crippen LogP contribution in [-0.4, -0.2) is 27.5 Å². The molecule has 0 radical (unpaired) electrons. The van der Waals surface area contributed by atoms with Gasteiger partial charge < -0.3 is 10.00 Å². The number of carbonyl (C=O) groups is 1. The summed E-state index contributed by atoms with van der Waals surface area (Å²) in [6.07, 6.45) is 8.12. The van der Waals surface area contributed by atoms with Crippen molar-refractivity contribution in [3.63, 3.8) is 0 Å². The number of nitrogens with zero attached hydrogens (tertiary/aromatic N) is 1. The SMILES string of the molecule is O=C(N1CCc2c([nH][nH]c2=O)C1)C12CC3CC(CC(C3)C1)C2. The molecular formula is C17H23N3O2. The van der Waals surface area contributed by atoms with Crippen LogP contribution < -0.4 is 5.56 Å². The van der Waals surface area contributed by atoms with Crippen molar-refractivity contribution in [2.45, 2.75) is 51.5 Å². The highest BCUT2D eigenvalue weighted by Gasteiger charge is 2.55. The number of amides is 1. The maximum absolute atomic E-state index is 13.3. The van der Waals surface area contributed by atoms with E-state index in [4.69, 9.17) is 0 Å². The summed E-state index contributed by atoms with van der Waals surface area (Å²) < 4.78 is 0. The third-order valence-electron chi connectivity index (χ3n) is 6.73. The number of nitrogens with one attached hydrogen (secondary N) is 2. The summed E-state index contributed by atoms with van der Waals surface area (Å²) in [5.41, 5.74) is 1.67. The third-order valence-corrected chi connectivity index (χ3v) is 6.73. The second-order valence-corrected chi connectivity index (χ2v) is 8.21. The van der Waals surface area contributed by atoms with Gasteiger partial charge in [-0.1, -0.05) is 0 Å². The molecule has 118 valence electrons. The normalized spacial score (nSPS) is 39.1. The van der Waals surface area contributed by atoms with E-state index in [9.17, 15) is 9.59 Å². The minimum atomic E-state index is -0.0666. The molecule has 5 heteroatoms. The maximum atomic E-state index is 13.3. The molecule has 5 aliphatic rings. The van der Waals surface area contributed by atoms with Crippen LogP contribution in [0.5, 0.6) is 0 Å². The molecular weight excluding hydrogens is 278 g/mol. The Morgan fingerprint density at radius 3 is 2.32 bits per heavy atom. The molecule has 22 heavy (non-hydrogen) atoms. The molecule has 1 aromatic rings. The number of hydrogen-bond donors (Lipinski definition) is 2. The van der Waals surface area contributed by atoms with Crippen LogP contribution in [-0.2, 0) is 17.8 Å². The number of aromatic amines is 2. The molecule has 4 saturated carbocycles. The summed E-state index contributed by atoms with van der Waals surface area (Å²) in [4.78, 5) is 27.0.